The highest BCUT2D eigenvalue weighted by Crippen LogP contribution is 2.12. The van der Waals surface area contributed by atoms with Crippen molar-refractivity contribution in [2.75, 3.05) is 0 Å². The summed E-state index contributed by atoms with van der Waals surface area (Å²) in [7, 11) is 0. The van der Waals surface area contributed by atoms with Crippen molar-refractivity contribution in [3.63, 3.8) is 0 Å². The number of benzene rings is 2. The first-order chi connectivity index (χ1) is 8.83. The van der Waals surface area contributed by atoms with Crippen molar-refractivity contribution in [2.24, 2.45) is 0 Å². The average molecular weight is 254 g/mol. The minimum absolute atomic E-state index is 0.0811. The van der Waals surface area contributed by atoms with Gasteiger partial charge in [-0.2, -0.15) is 0 Å². The van der Waals surface area contributed by atoms with Gasteiger partial charge in [0.15, 0.2) is 12.7 Å². The zero-order valence-corrected chi connectivity index (χ0v) is 10.6. The Morgan fingerprint density at radius 1 is 0.944 bits per heavy atom. The van der Waals surface area contributed by atoms with E-state index >= 15 is 0 Å². The highest BCUT2D eigenvalue weighted by molar-refractivity contribution is 7.15. The number of hydrogen-bond donors (Lipinski definition) is 0. The lowest BCUT2D eigenvalue weighted by molar-refractivity contribution is -0.697. The molecule has 88 valence electrons. The molecule has 2 aromatic carbocycles. The Morgan fingerprint density at radius 3 is 2.50 bits per heavy atom. The van der Waals surface area contributed by atoms with Gasteiger partial charge in [0.1, 0.15) is 0 Å². The predicted molar refractivity (Wildman–Crippen MR) is 73.8 cm³/mol. The molecule has 0 radical (unpaired) electrons. The molecule has 0 amide bonds. The third-order valence-electron chi connectivity index (χ3n) is 2.84. The van der Waals surface area contributed by atoms with E-state index in [4.69, 9.17) is 0 Å². The van der Waals surface area contributed by atoms with Crippen LogP contribution < -0.4 is 9.44 Å². The summed E-state index contributed by atoms with van der Waals surface area (Å²) in [6, 6.07) is 18.0. The molecule has 0 aliphatic heterocycles. The second-order valence-electron chi connectivity index (χ2n) is 4.15. The smallest absolute Gasteiger partial charge is 0.203 e. The van der Waals surface area contributed by atoms with Gasteiger partial charge < -0.3 is 0 Å². The van der Waals surface area contributed by atoms with Crippen molar-refractivity contribution in [1.29, 1.82) is 0 Å². The Bertz CT molecular complexity index is 734. The molecule has 0 saturated heterocycles. The zero-order chi connectivity index (χ0) is 12.4. The molecule has 0 saturated carbocycles. The Balaban J connectivity index is 2.07. The number of hydrogen-bond acceptors (Lipinski definition) is 2. The molecule has 1 heterocycles. The summed E-state index contributed by atoms with van der Waals surface area (Å²) in [4.78, 5) is 12.1. The van der Waals surface area contributed by atoms with Crippen LogP contribution in [0.5, 0.6) is 0 Å². The van der Waals surface area contributed by atoms with Crippen LogP contribution in [0.4, 0.5) is 0 Å². The summed E-state index contributed by atoms with van der Waals surface area (Å²) in [5.41, 5.74) is 1.14. The lowest BCUT2D eigenvalue weighted by Gasteiger charge is -1.97. The number of fused-ring (bicyclic) bond motifs is 1. The van der Waals surface area contributed by atoms with E-state index in [-0.39, 0.29) is 4.87 Å². The van der Waals surface area contributed by atoms with Gasteiger partial charge in [-0.25, -0.2) is 4.79 Å². The molecule has 0 spiro atoms. The molecule has 0 aliphatic carbocycles. The van der Waals surface area contributed by atoms with Gasteiger partial charge in [-0.1, -0.05) is 42.5 Å². The van der Waals surface area contributed by atoms with Crippen molar-refractivity contribution in [1.82, 2.24) is 0 Å². The molecule has 2 nitrogen and oxygen atoms in total. The van der Waals surface area contributed by atoms with Gasteiger partial charge in [-0.15, -0.1) is 4.57 Å². The molecule has 0 N–H and O–H groups in total. The van der Waals surface area contributed by atoms with E-state index in [9.17, 15) is 4.79 Å². The van der Waals surface area contributed by atoms with Crippen molar-refractivity contribution >= 4 is 21.4 Å². The monoisotopic (exact) mass is 254 g/mol. The Labute approximate surface area is 109 Å². The molecule has 1 aromatic heterocycles. The van der Waals surface area contributed by atoms with Gasteiger partial charge in [0, 0.05) is 5.56 Å². The number of aromatic nitrogens is 1. The molecular weight excluding hydrogens is 242 g/mol. The van der Waals surface area contributed by atoms with Gasteiger partial charge in [0.2, 0.25) is 0 Å². The summed E-state index contributed by atoms with van der Waals surface area (Å²) in [6.07, 6.45) is 1.93. The average Bonchev–Trinajstić information content (AvgIpc) is 2.41. The third-order valence-corrected chi connectivity index (χ3v) is 3.84. The minimum Gasteiger partial charge on any atom is -0.203 e. The van der Waals surface area contributed by atoms with Gasteiger partial charge in [0.05, 0.1) is 10.1 Å². The van der Waals surface area contributed by atoms with E-state index in [1.165, 1.54) is 11.3 Å². The molecule has 3 rings (SSSR count). The largest absolute Gasteiger partial charge is 0.473 e. The van der Waals surface area contributed by atoms with Crippen molar-refractivity contribution in [3.05, 3.63) is 76.0 Å². The van der Waals surface area contributed by atoms with Crippen LogP contribution in [-0.2, 0) is 6.54 Å². The van der Waals surface area contributed by atoms with Crippen LogP contribution in [-0.4, -0.2) is 0 Å². The molecule has 0 aliphatic rings. The minimum atomic E-state index is 0.0811. The maximum Gasteiger partial charge on any atom is 0.473 e. The molecule has 18 heavy (non-hydrogen) atoms. The van der Waals surface area contributed by atoms with E-state index in [0.29, 0.717) is 6.54 Å². The van der Waals surface area contributed by atoms with Crippen molar-refractivity contribution in [3.8, 4) is 0 Å². The third kappa shape index (κ3) is 2.17. The highest BCUT2D eigenvalue weighted by atomic mass is 32.1. The number of nitrogens with zero attached hydrogens (tertiary/aromatic N) is 1. The highest BCUT2D eigenvalue weighted by Gasteiger charge is 2.10. The van der Waals surface area contributed by atoms with Crippen molar-refractivity contribution < 1.29 is 4.57 Å². The SMILES string of the molecule is O=c1sc2ccccc2c[n+]1Cc1ccccc1. The van der Waals surface area contributed by atoms with Gasteiger partial charge in [-0.3, -0.25) is 0 Å². The lowest BCUT2D eigenvalue weighted by Crippen LogP contribution is -2.48. The first-order valence-corrected chi connectivity index (χ1v) is 6.61. The van der Waals surface area contributed by atoms with Crippen LogP contribution in [0.1, 0.15) is 5.56 Å². The molecule has 0 fully saturated rings. The number of rotatable bonds is 2. The predicted octanol–water partition coefficient (Wildman–Crippen LogP) is 2.60. The quantitative estimate of drug-likeness (QED) is 0.644. The molecular formula is C15H12NOS+. The summed E-state index contributed by atoms with van der Waals surface area (Å²) in [5.74, 6) is 0. The summed E-state index contributed by atoms with van der Waals surface area (Å²) in [5, 5.41) is 1.11. The Hall–Kier alpha value is -2.00. The van der Waals surface area contributed by atoms with Gasteiger partial charge in [-0.05, 0) is 23.5 Å². The van der Waals surface area contributed by atoms with Crippen LogP contribution in [0.2, 0.25) is 0 Å². The molecule has 0 bridgehead atoms. The fraction of sp³-hybridized carbons (Fsp3) is 0.0667. The zero-order valence-electron chi connectivity index (χ0n) is 9.74. The van der Waals surface area contributed by atoms with Crippen molar-refractivity contribution in [2.45, 2.75) is 6.54 Å². The second kappa shape index (κ2) is 4.70. The normalized spacial score (nSPS) is 10.7. The maximum atomic E-state index is 12.0. The lowest BCUT2D eigenvalue weighted by atomic mass is 10.2. The first kappa shape index (κ1) is 11.1. The fourth-order valence-electron chi connectivity index (χ4n) is 1.94. The summed E-state index contributed by atoms with van der Waals surface area (Å²) < 4.78 is 2.80. The van der Waals surface area contributed by atoms with E-state index in [0.717, 1.165) is 15.6 Å². The van der Waals surface area contributed by atoms with E-state index in [2.05, 4.69) is 0 Å². The van der Waals surface area contributed by atoms with E-state index < -0.39 is 0 Å². The standard InChI is InChI=1S/C15H12NOS/c17-15-16(10-12-6-2-1-3-7-12)11-13-8-4-5-9-14(13)18-15/h1-9,11H,10H2/q+1. The topological polar surface area (TPSA) is 20.9 Å². The van der Waals surface area contributed by atoms with Gasteiger partial charge in [0.25, 0.3) is 0 Å². The maximum absolute atomic E-state index is 12.0. The Kier molecular flexibility index (Phi) is 2.90. The summed E-state index contributed by atoms with van der Waals surface area (Å²) >= 11 is 1.29. The van der Waals surface area contributed by atoms with Crippen LogP contribution in [0.15, 0.2) is 65.6 Å². The Morgan fingerprint density at radius 2 is 1.67 bits per heavy atom. The fourth-order valence-corrected chi connectivity index (χ4v) is 2.75. The van der Waals surface area contributed by atoms with E-state index in [1.54, 1.807) is 4.57 Å². The molecule has 0 atom stereocenters. The van der Waals surface area contributed by atoms with E-state index in [1.807, 2.05) is 60.8 Å². The van der Waals surface area contributed by atoms with Crippen LogP contribution in [0.25, 0.3) is 10.1 Å². The van der Waals surface area contributed by atoms with Crippen LogP contribution >= 0.6 is 11.3 Å². The molecule has 0 unspecified atom stereocenters. The molecule has 3 heteroatoms. The second-order valence-corrected chi connectivity index (χ2v) is 5.14. The summed E-state index contributed by atoms with van der Waals surface area (Å²) in [6.45, 7) is 0.626. The van der Waals surface area contributed by atoms with Crippen LogP contribution in [0, 0.1) is 0 Å². The first-order valence-electron chi connectivity index (χ1n) is 5.79. The van der Waals surface area contributed by atoms with Crippen LogP contribution in [0.3, 0.4) is 0 Å². The molecule has 3 aromatic rings. The van der Waals surface area contributed by atoms with Gasteiger partial charge >= 0.3 is 4.87 Å².